The number of ether oxygens (including phenoxy) is 3. The van der Waals surface area contributed by atoms with Crippen LogP contribution in [-0.4, -0.2) is 31.3 Å². The van der Waals surface area contributed by atoms with Crippen LogP contribution in [0.25, 0.3) is 10.8 Å². The molecule has 0 aliphatic carbocycles. The summed E-state index contributed by atoms with van der Waals surface area (Å²) in [5.41, 5.74) is 0. The molecule has 0 fully saturated rings. The first-order valence-corrected chi connectivity index (χ1v) is 9.49. The van der Waals surface area contributed by atoms with Crippen LogP contribution in [0.3, 0.4) is 0 Å². The fraction of sp³-hybridized carbons (Fsp3) is 0.208. The quantitative estimate of drug-likeness (QED) is 0.696. The number of nitrogens with one attached hydrogen (secondary N) is 1. The molecule has 1 N–H and O–H groups in total. The van der Waals surface area contributed by atoms with Crippen molar-refractivity contribution in [3.05, 3.63) is 66.7 Å². The summed E-state index contributed by atoms with van der Waals surface area (Å²) in [6.45, 7) is 2.27. The van der Waals surface area contributed by atoms with Gasteiger partial charge in [0.2, 0.25) is 6.10 Å². The van der Waals surface area contributed by atoms with Crippen LogP contribution in [-0.2, 0) is 4.79 Å². The minimum absolute atomic E-state index is 0.214. The summed E-state index contributed by atoms with van der Waals surface area (Å²) in [4.78, 5) is 12.4. The molecule has 3 aromatic carbocycles. The first-order chi connectivity index (χ1) is 14.2. The number of rotatable bonds is 4. The van der Waals surface area contributed by atoms with Gasteiger partial charge >= 0.3 is 0 Å². The smallest absolute Gasteiger partial charge is 0.265 e. The molecule has 1 amide bonds. The number of hydrogen-bond acceptors (Lipinski definition) is 4. The first kappa shape index (κ1) is 18.7. The summed E-state index contributed by atoms with van der Waals surface area (Å²) >= 11 is 0. The zero-order chi connectivity index (χ0) is 20.1. The summed E-state index contributed by atoms with van der Waals surface area (Å²) in [7, 11) is 0. The lowest BCUT2D eigenvalue weighted by molar-refractivity contribution is -0.133. The lowest BCUT2D eigenvalue weighted by Gasteiger charge is -2.30. The predicted molar refractivity (Wildman–Crippen MR) is 111 cm³/mol. The van der Waals surface area contributed by atoms with Crippen molar-refractivity contribution >= 4 is 16.7 Å². The fourth-order valence-electron chi connectivity index (χ4n) is 3.19. The number of carbonyl (C=O) groups excluding carboxylic acids is 1. The Morgan fingerprint density at radius 2 is 1.69 bits per heavy atom. The van der Waals surface area contributed by atoms with Crippen molar-refractivity contribution in [1.82, 2.24) is 5.32 Å². The average Bonchev–Trinajstić information content (AvgIpc) is 2.75. The molecule has 0 radical (unpaired) electrons. The highest BCUT2D eigenvalue weighted by molar-refractivity contribution is 5.88. The highest BCUT2D eigenvalue weighted by Crippen LogP contribution is 2.33. The highest BCUT2D eigenvalue weighted by Gasteiger charge is 2.33. The second-order valence-corrected chi connectivity index (χ2v) is 6.65. The summed E-state index contributed by atoms with van der Waals surface area (Å²) in [6, 6.07) is 21.3. The summed E-state index contributed by atoms with van der Waals surface area (Å²) in [5.74, 6) is 7.59. The largest absolute Gasteiger partial charge is 0.482 e. The third-order valence-corrected chi connectivity index (χ3v) is 4.63. The van der Waals surface area contributed by atoms with Crippen molar-refractivity contribution in [2.45, 2.75) is 19.1 Å². The van der Waals surface area contributed by atoms with E-state index in [1.54, 1.807) is 6.07 Å². The molecule has 0 bridgehead atoms. The van der Waals surface area contributed by atoms with Gasteiger partial charge in [-0.2, -0.15) is 0 Å². The highest BCUT2D eigenvalue weighted by atomic mass is 16.6. The Labute approximate surface area is 169 Å². The third kappa shape index (κ3) is 4.27. The van der Waals surface area contributed by atoms with Crippen LogP contribution in [0.15, 0.2) is 66.7 Å². The molecule has 0 saturated heterocycles. The van der Waals surface area contributed by atoms with Gasteiger partial charge in [0.05, 0.1) is 6.54 Å². The zero-order valence-corrected chi connectivity index (χ0v) is 16.1. The van der Waals surface area contributed by atoms with E-state index in [0.717, 1.165) is 16.5 Å². The van der Waals surface area contributed by atoms with Gasteiger partial charge in [-0.05, 0) is 30.5 Å². The Morgan fingerprint density at radius 1 is 0.966 bits per heavy atom. The van der Waals surface area contributed by atoms with Gasteiger partial charge in [0.25, 0.3) is 5.91 Å². The molecular weight excluding hydrogens is 366 g/mol. The Morgan fingerprint density at radius 3 is 2.55 bits per heavy atom. The van der Waals surface area contributed by atoms with Gasteiger partial charge in [0.15, 0.2) is 11.5 Å². The molecule has 4 rings (SSSR count). The minimum atomic E-state index is -0.710. The average molecular weight is 387 g/mol. The van der Waals surface area contributed by atoms with E-state index in [4.69, 9.17) is 14.2 Å². The molecule has 2 unspecified atom stereocenters. The van der Waals surface area contributed by atoms with E-state index in [2.05, 4.69) is 17.2 Å². The molecule has 3 aromatic rings. The van der Waals surface area contributed by atoms with Gasteiger partial charge in [0.1, 0.15) is 18.5 Å². The van der Waals surface area contributed by atoms with Gasteiger partial charge in [0, 0.05) is 5.39 Å². The molecule has 1 aliphatic heterocycles. The maximum Gasteiger partial charge on any atom is 0.265 e. The van der Waals surface area contributed by atoms with E-state index in [1.807, 2.05) is 67.6 Å². The van der Waals surface area contributed by atoms with Crippen LogP contribution in [0.4, 0.5) is 0 Å². The maximum atomic E-state index is 12.4. The second-order valence-electron chi connectivity index (χ2n) is 6.65. The molecule has 146 valence electrons. The molecule has 29 heavy (non-hydrogen) atoms. The van der Waals surface area contributed by atoms with Gasteiger partial charge in [-0.25, -0.2) is 0 Å². The van der Waals surface area contributed by atoms with Crippen molar-refractivity contribution in [2.24, 2.45) is 0 Å². The molecule has 0 spiro atoms. The van der Waals surface area contributed by atoms with Crippen LogP contribution in [0, 0.1) is 11.8 Å². The van der Waals surface area contributed by atoms with E-state index in [0.29, 0.717) is 11.5 Å². The molecule has 2 atom stereocenters. The van der Waals surface area contributed by atoms with Gasteiger partial charge in [-0.3, -0.25) is 4.79 Å². The third-order valence-electron chi connectivity index (χ3n) is 4.63. The van der Waals surface area contributed by atoms with Gasteiger partial charge in [-0.15, -0.1) is 0 Å². The lowest BCUT2D eigenvalue weighted by Crippen LogP contribution is -2.49. The first-order valence-electron chi connectivity index (χ1n) is 9.49. The van der Waals surface area contributed by atoms with Crippen molar-refractivity contribution < 1.29 is 19.0 Å². The zero-order valence-electron chi connectivity index (χ0n) is 16.1. The van der Waals surface area contributed by atoms with Crippen molar-refractivity contribution in [2.75, 3.05) is 13.2 Å². The van der Waals surface area contributed by atoms with Crippen molar-refractivity contribution in [1.29, 1.82) is 0 Å². The summed E-state index contributed by atoms with van der Waals surface area (Å²) in [6.07, 6.45) is -1.09. The van der Waals surface area contributed by atoms with E-state index >= 15 is 0 Å². The second kappa shape index (κ2) is 8.57. The predicted octanol–water partition coefficient (Wildman–Crippen LogP) is 3.57. The van der Waals surface area contributed by atoms with Crippen LogP contribution >= 0.6 is 0 Å². The molecule has 1 heterocycles. The molecule has 1 aliphatic rings. The lowest BCUT2D eigenvalue weighted by atomic mass is 10.1. The fourth-order valence-corrected chi connectivity index (χ4v) is 3.19. The molecule has 0 saturated carbocycles. The van der Waals surface area contributed by atoms with Gasteiger partial charge in [-0.1, -0.05) is 60.4 Å². The van der Waals surface area contributed by atoms with Crippen LogP contribution < -0.4 is 19.5 Å². The molecule has 5 heteroatoms. The number of benzene rings is 3. The van der Waals surface area contributed by atoms with Crippen molar-refractivity contribution in [3.8, 4) is 29.1 Å². The van der Waals surface area contributed by atoms with Crippen molar-refractivity contribution in [3.63, 3.8) is 0 Å². The summed E-state index contributed by atoms with van der Waals surface area (Å²) < 4.78 is 17.3. The standard InChI is InChI=1S/C24H21NO4/c1-17-23(29-22-13-5-4-12-21(22)28-17)24(26)25-15-6-7-16-27-20-14-8-10-18-9-2-3-11-19(18)20/h2-5,8-14,17,23H,15-16H2,1H3,(H,25,26). The van der Waals surface area contributed by atoms with E-state index < -0.39 is 6.10 Å². The van der Waals surface area contributed by atoms with Crippen LogP contribution in [0.2, 0.25) is 0 Å². The monoisotopic (exact) mass is 387 g/mol. The number of para-hydroxylation sites is 2. The summed E-state index contributed by atoms with van der Waals surface area (Å²) in [5, 5.41) is 4.94. The topological polar surface area (TPSA) is 56.8 Å². The Balaban J connectivity index is 1.28. The molecule has 0 aromatic heterocycles. The Hall–Kier alpha value is -3.65. The normalized spacial score (nSPS) is 17.1. The SMILES string of the molecule is CC1Oc2ccccc2OC1C(=O)NCC#CCOc1cccc2ccccc12. The Bertz CT molecular complexity index is 1080. The van der Waals surface area contributed by atoms with Crippen LogP contribution in [0.5, 0.6) is 17.2 Å². The number of carbonyl (C=O) groups is 1. The van der Waals surface area contributed by atoms with E-state index in [1.165, 1.54) is 0 Å². The number of amides is 1. The maximum absolute atomic E-state index is 12.4. The van der Waals surface area contributed by atoms with E-state index in [-0.39, 0.29) is 25.2 Å². The van der Waals surface area contributed by atoms with Crippen LogP contribution in [0.1, 0.15) is 6.92 Å². The molecule has 5 nitrogen and oxygen atoms in total. The number of hydrogen-bond donors (Lipinski definition) is 1. The van der Waals surface area contributed by atoms with E-state index in [9.17, 15) is 4.79 Å². The minimum Gasteiger partial charge on any atom is -0.482 e. The Kier molecular flexibility index (Phi) is 5.53. The number of fused-ring (bicyclic) bond motifs is 2. The van der Waals surface area contributed by atoms with Gasteiger partial charge < -0.3 is 19.5 Å². The molecular formula is C24H21NO4.